The first kappa shape index (κ1) is 26.3. The number of carbonyl (C=O) groups is 1. The van der Waals surface area contributed by atoms with Crippen molar-refractivity contribution in [1.29, 1.82) is 0 Å². The van der Waals surface area contributed by atoms with Crippen LogP contribution in [0.4, 0.5) is 0 Å². The third kappa shape index (κ3) is 6.91. The van der Waals surface area contributed by atoms with E-state index >= 15 is 0 Å². The molecule has 1 aliphatic carbocycles. The largest absolute Gasteiger partial charge is 0.463 e. The van der Waals surface area contributed by atoms with Crippen LogP contribution in [0.2, 0.25) is 36.3 Å². The predicted molar refractivity (Wildman–Crippen MR) is 127 cm³/mol. The van der Waals surface area contributed by atoms with Crippen LogP contribution in [0.5, 0.6) is 0 Å². The van der Waals surface area contributed by atoms with Gasteiger partial charge in [0.15, 0.2) is 16.6 Å². The fourth-order valence-electron chi connectivity index (χ4n) is 2.86. The van der Waals surface area contributed by atoms with Crippen molar-refractivity contribution in [3.63, 3.8) is 0 Å². The van der Waals surface area contributed by atoms with Gasteiger partial charge in [-0.15, -0.1) is 0 Å². The summed E-state index contributed by atoms with van der Waals surface area (Å²) in [4.78, 5) is 12.2. The number of ether oxygens (including phenoxy) is 1. The fourth-order valence-corrected chi connectivity index (χ4v) is 5.53. The second-order valence-corrected chi connectivity index (χ2v) is 20.8. The zero-order valence-electron chi connectivity index (χ0n) is 20.7. The van der Waals surface area contributed by atoms with Crippen LogP contribution >= 0.6 is 0 Å². The van der Waals surface area contributed by atoms with Gasteiger partial charge in [0.1, 0.15) is 0 Å². The van der Waals surface area contributed by atoms with Crippen molar-refractivity contribution < 1.29 is 18.4 Å². The molecule has 1 fully saturated rings. The summed E-state index contributed by atoms with van der Waals surface area (Å²) in [5.74, 6) is -0.317. The molecule has 2 atom stereocenters. The van der Waals surface area contributed by atoms with Crippen molar-refractivity contribution >= 4 is 22.6 Å². The van der Waals surface area contributed by atoms with E-state index in [1.807, 2.05) is 6.92 Å². The molecule has 4 nitrogen and oxygen atoms in total. The first-order valence-corrected chi connectivity index (χ1v) is 16.6. The molecular weight excluding hydrogens is 396 g/mol. The molecule has 1 saturated carbocycles. The molecule has 168 valence electrons. The van der Waals surface area contributed by atoms with E-state index in [-0.39, 0.29) is 28.3 Å². The molecule has 0 unspecified atom stereocenters. The summed E-state index contributed by atoms with van der Waals surface area (Å²) < 4.78 is 18.6. The summed E-state index contributed by atoms with van der Waals surface area (Å²) >= 11 is 0. The first-order valence-electron chi connectivity index (χ1n) is 10.8. The highest BCUT2D eigenvalue weighted by molar-refractivity contribution is 6.74. The molecule has 0 amide bonds. The van der Waals surface area contributed by atoms with Gasteiger partial charge < -0.3 is 13.6 Å². The van der Waals surface area contributed by atoms with Crippen molar-refractivity contribution in [3.05, 3.63) is 23.8 Å². The van der Waals surface area contributed by atoms with E-state index in [4.69, 9.17) is 13.6 Å². The van der Waals surface area contributed by atoms with Crippen LogP contribution in [0, 0.1) is 0 Å². The third-order valence-electron chi connectivity index (χ3n) is 6.81. The molecule has 0 heterocycles. The van der Waals surface area contributed by atoms with Gasteiger partial charge in [0, 0.05) is 12.5 Å². The summed E-state index contributed by atoms with van der Waals surface area (Å²) in [6.07, 6.45) is 2.96. The Kier molecular flexibility index (Phi) is 8.36. The fraction of sp³-hybridized carbons (Fsp3) is 0.783. The maximum absolute atomic E-state index is 12.2. The van der Waals surface area contributed by atoms with Gasteiger partial charge in [-0.1, -0.05) is 48.1 Å². The molecule has 0 N–H and O–H groups in total. The monoisotopic (exact) mass is 440 g/mol. The highest BCUT2D eigenvalue weighted by Gasteiger charge is 2.44. The van der Waals surface area contributed by atoms with Gasteiger partial charge >= 0.3 is 5.97 Å². The van der Waals surface area contributed by atoms with Crippen molar-refractivity contribution in [2.45, 2.75) is 110 Å². The van der Waals surface area contributed by atoms with Crippen molar-refractivity contribution in [3.8, 4) is 0 Å². The Morgan fingerprint density at radius 3 is 1.97 bits per heavy atom. The summed E-state index contributed by atoms with van der Waals surface area (Å²) in [6.45, 7) is 29.0. The molecule has 1 rings (SSSR count). The van der Waals surface area contributed by atoms with E-state index < -0.39 is 16.6 Å². The van der Waals surface area contributed by atoms with Gasteiger partial charge in [0.2, 0.25) is 0 Å². The minimum absolute atomic E-state index is 0.0248. The minimum Gasteiger partial charge on any atom is -0.463 e. The molecule has 6 heteroatoms. The van der Waals surface area contributed by atoms with E-state index in [1.165, 1.54) is 0 Å². The molecule has 0 aliphatic heterocycles. The van der Waals surface area contributed by atoms with Crippen LogP contribution in [-0.4, -0.2) is 41.4 Å². The lowest BCUT2D eigenvalue weighted by Gasteiger charge is -2.45. The minimum atomic E-state index is -1.99. The second-order valence-electron chi connectivity index (χ2n) is 11.3. The molecule has 0 saturated heterocycles. The van der Waals surface area contributed by atoms with E-state index in [1.54, 1.807) is 6.08 Å². The van der Waals surface area contributed by atoms with Crippen LogP contribution in [0.3, 0.4) is 0 Å². The Balaban J connectivity index is 3.21. The van der Waals surface area contributed by atoms with E-state index in [0.717, 1.165) is 17.6 Å². The van der Waals surface area contributed by atoms with Gasteiger partial charge in [0.05, 0.1) is 18.8 Å². The zero-order chi connectivity index (χ0) is 22.8. The topological polar surface area (TPSA) is 44.8 Å². The van der Waals surface area contributed by atoms with Gasteiger partial charge in [-0.05, 0) is 60.8 Å². The Bertz CT molecular complexity index is 636. The smallest absolute Gasteiger partial charge is 0.331 e. The Morgan fingerprint density at radius 2 is 1.52 bits per heavy atom. The molecule has 0 radical (unpaired) electrons. The summed E-state index contributed by atoms with van der Waals surface area (Å²) in [5.41, 5.74) is 1.81. The lowest BCUT2D eigenvalue weighted by atomic mass is 9.86. The standard InChI is InChI=1S/C23H44O4Si2/c1-13-25-21(24)15-18-14-19(26-28(9,10)22(3,4)5)16-20(17(18)2)27-29(11,12)23(6,7)8/h15,19-20H,2,13-14,16H2,1,3-12H3/b18-15+/t19-,20+/m1/s1. The van der Waals surface area contributed by atoms with Crippen LogP contribution in [0.25, 0.3) is 0 Å². The number of esters is 1. The number of hydrogen-bond acceptors (Lipinski definition) is 4. The van der Waals surface area contributed by atoms with Gasteiger partial charge in [-0.25, -0.2) is 4.79 Å². The van der Waals surface area contributed by atoms with Gasteiger partial charge in [-0.3, -0.25) is 0 Å². The van der Waals surface area contributed by atoms with Crippen molar-refractivity contribution in [2.75, 3.05) is 6.61 Å². The lowest BCUT2D eigenvalue weighted by Crippen LogP contribution is -2.49. The predicted octanol–water partition coefficient (Wildman–Crippen LogP) is 6.61. The van der Waals surface area contributed by atoms with Crippen LogP contribution in [0.1, 0.15) is 61.3 Å². The molecule has 0 spiro atoms. The maximum Gasteiger partial charge on any atom is 0.331 e. The zero-order valence-corrected chi connectivity index (χ0v) is 22.7. The SMILES string of the molecule is C=C1/C(=C/C(=O)OCC)C[C@@H](O[Si](C)(C)C(C)(C)C)C[C@@H]1O[Si](C)(C)C(C)(C)C. The molecule has 0 bridgehead atoms. The van der Waals surface area contributed by atoms with Crippen LogP contribution < -0.4 is 0 Å². The maximum atomic E-state index is 12.2. The number of rotatable bonds is 6. The Hall–Kier alpha value is -0.696. The number of hydrogen-bond donors (Lipinski definition) is 0. The van der Waals surface area contributed by atoms with Crippen molar-refractivity contribution in [2.24, 2.45) is 0 Å². The van der Waals surface area contributed by atoms with Crippen LogP contribution in [0.15, 0.2) is 23.8 Å². The van der Waals surface area contributed by atoms with E-state index in [9.17, 15) is 4.79 Å². The average Bonchev–Trinajstić information content (AvgIpc) is 2.49. The summed E-state index contributed by atoms with van der Waals surface area (Å²) in [6, 6.07) is 0. The van der Waals surface area contributed by atoms with Gasteiger partial charge in [0.25, 0.3) is 0 Å². The first-order chi connectivity index (χ1) is 12.9. The number of carbonyl (C=O) groups excluding carboxylic acids is 1. The highest BCUT2D eigenvalue weighted by atomic mass is 28.4. The van der Waals surface area contributed by atoms with Gasteiger partial charge in [-0.2, -0.15) is 0 Å². The van der Waals surface area contributed by atoms with E-state index in [0.29, 0.717) is 13.0 Å². The average molecular weight is 441 g/mol. The summed E-state index contributed by atoms with van der Waals surface area (Å²) in [7, 11) is -3.93. The third-order valence-corrected chi connectivity index (χ3v) is 15.8. The Labute approximate surface area is 181 Å². The molecule has 0 aromatic heterocycles. The summed E-state index contributed by atoms with van der Waals surface area (Å²) in [5, 5.41) is 0.230. The quantitative estimate of drug-likeness (QED) is 0.265. The Morgan fingerprint density at radius 1 is 1.03 bits per heavy atom. The van der Waals surface area contributed by atoms with Crippen LogP contribution in [-0.2, 0) is 18.4 Å². The molecular formula is C23H44O4Si2. The second kappa shape index (κ2) is 9.20. The highest BCUT2D eigenvalue weighted by Crippen LogP contribution is 2.44. The van der Waals surface area contributed by atoms with Crippen molar-refractivity contribution in [1.82, 2.24) is 0 Å². The molecule has 0 aromatic rings. The normalized spacial score (nSPS) is 23.4. The molecule has 1 aliphatic rings. The lowest BCUT2D eigenvalue weighted by molar-refractivity contribution is -0.137. The molecule has 0 aromatic carbocycles. The molecule has 29 heavy (non-hydrogen) atoms. The van der Waals surface area contributed by atoms with E-state index in [2.05, 4.69) is 74.3 Å².